The minimum atomic E-state index is 0.557. The number of rotatable bonds is 2. The molecule has 0 unspecified atom stereocenters. The number of alkyl halides is 1. The Labute approximate surface area is 83.7 Å². The van der Waals surface area contributed by atoms with Gasteiger partial charge in [-0.25, -0.2) is 4.98 Å². The molecule has 0 fully saturated rings. The number of thiophene rings is 1. The first-order valence-electron chi connectivity index (χ1n) is 3.43. The minimum Gasteiger partial charge on any atom is -0.244 e. The molecule has 0 radical (unpaired) electrons. The van der Waals surface area contributed by atoms with Gasteiger partial charge in [0.1, 0.15) is 5.01 Å². The van der Waals surface area contributed by atoms with E-state index in [9.17, 15) is 0 Å². The molecule has 0 aliphatic carbocycles. The molecule has 0 aromatic carbocycles. The predicted molar refractivity (Wildman–Crippen MR) is 55.0 cm³/mol. The molecule has 0 N–H and O–H groups in total. The normalized spacial score (nSPS) is 10.4. The van der Waals surface area contributed by atoms with Crippen LogP contribution in [0.5, 0.6) is 0 Å². The maximum Gasteiger partial charge on any atom is 0.124 e. The molecule has 0 spiro atoms. The van der Waals surface area contributed by atoms with Crippen molar-refractivity contribution in [3.8, 4) is 10.6 Å². The molecule has 0 saturated heterocycles. The molecule has 2 aromatic rings. The third kappa shape index (κ3) is 1.53. The molecule has 0 atom stereocenters. The number of hydrogen-bond donors (Lipinski definition) is 0. The summed E-state index contributed by atoms with van der Waals surface area (Å²) in [4.78, 5) is 5.39. The van der Waals surface area contributed by atoms with Crippen LogP contribution in [0.1, 0.15) is 4.88 Å². The van der Waals surface area contributed by atoms with Crippen molar-refractivity contribution in [3.05, 3.63) is 27.9 Å². The monoisotopic (exact) mass is 215 g/mol. The maximum atomic E-state index is 5.67. The van der Waals surface area contributed by atoms with Crippen LogP contribution < -0.4 is 0 Å². The second kappa shape index (κ2) is 3.56. The zero-order valence-corrected chi connectivity index (χ0v) is 8.55. The summed E-state index contributed by atoms with van der Waals surface area (Å²) in [5.41, 5.74) is 1.20. The lowest BCUT2D eigenvalue weighted by molar-refractivity contribution is 1.37. The van der Waals surface area contributed by atoms with Crippen molar-refractivity contribution in [2.24, 2.45) is 0 Å². The van der Waals surface area contributed by atoms with Crippen LogP contribution in [0.25, 0.3) is 10.6 Å². The molecule has 62 valence electrons. The highest BCUT2D eigenvalue weighted by Crippen LogP contribution is 2.27. The van der Waals surface area contributed by atoms with Crippen LogP contribution in [0.4, 0.5) is 0 Å². The van der Waals surface area contributed by atoms with Crippen LogP contribution in [0.3, 0.4) is 0 Å². The average Bonchev–Trinajstić information content (AvgIpc) is 2.75. The van der Waals surface area contributed by atoms with Gasteiger partial charge in [-0.05, 0) is 11.4 Å². The predicted octanol–water partition coefficient (Wildman–Crippen LogP) is 3.61. The molecule has 0 saturated carbocycles. The highest BCUT2D eigenvalue weighted by atomic mass is 35.5. The standard InChI is InChI=1S/C8H6ClNS2/c9-3-7-4-10-8(12-7)6-1-2-11-5-6/h1-2,4-5H,3H2. The summed E-state index contributed by atoms with van der Waals surface area (Å²) in [6.45, 7) is 0. The van der Waals surface area contributed by atoms with E-state index in [0.29, 0.717) is 5.88 Å². The fourth-order valence-electron chi connectivity index (χ4n) is 0.889. The second-order valence-electron chi connectivity index (χ2n) is 2.28. The number of hydrogen-bond acceptors (Lipinski definition) is 3. The van der Waals surface area contributed by atoms with E-state index in [0.717, 1.165) is 9.88 Å². The van der Waals surface area contributed by atoms with E-state index >= 15 is 0 Å². The Hall–Kier alpha value is -0.380. The lowest BCUT2D eigenvalue weighted by Gasteiger charge is -1.85. The molecule has 2 aromatic heterocycles. The van der Waals surface area contributed by atoms with Crippen molar-refractivity contribution in [3.63, 3.8) is 0 Å². The SMILES string of the molecule is ClCc1cnc(-c2ccsc2)s1. The fourth-order valence-corrected chi connectivity index (χ4v) is 2.60. The van der Waals surface area contributed by atoms with Crippen molar-refractivity contribution in [1.29, 1.82) is 0 Å². The Kier molecular flexibility index (Phi) is 2.44. The summed E-state index contributed by atoms with van der Waals surface area (Å²) in [5, 5.41) is 5.21. The van der Waals surface area contributed by atoms with Gasteiger partial charge >= 0.3 is 0 Å². The quantitative estimate of drug-likeness (QED) is 0.698. The van der Waals surface area contributed by atoms with E-state index in [-0.39, 0.29) is 0 Å². The largest absolute Gasteiger partial charge is 0.244 e. The number of aromatic nitrogens is 1. The molecule has 0 aliphatic rings. The first-order chi connectivity index (χ1) is 5.90. The van der Waals surface area contributed by atoms with Crippen LogP contribution in [-0.2, 0) is 5.88 Å². The van der Waals surface area contributed by atoms with Gasteiger partial charge in [-0.2, -0.15) is 11.3 Å². The Morgan fingerprint density at radius 3 is 3.00 bits per heavy atom. The third-order valence-corrected chi connectivity index (χ3v) is 3.63. The molecule has 0 amide bonds. The Balaban J connectivity index is 2.35. The topological polar surface area (TPSA) is 12.9 Å². The Morgan fingerprint density at radius 2 is 2.42 bits per heavy atom. The summed E-state index contributed by atoms with van der Waals surface area (Å²) in [6, 6.07) is 2.07. The van der Waals surface area contributed by atoms with Crippen molar-refractivity contribution in [1.82, 2.24) is 4.98 Å². The van der Waals surface area contributed by atoms with Crippen LogP contribution in [0.15, 0.2) is 23.0 Å². The van der Waals surface area contributed by atoms with E-state index in [4.69, 9.17) is 11.6 Å². The zero-order valence-electron chi connectivity index (χ0n) is 6.16. The van der Waals surface area contributed by atoms with Gasteiger partial charge in [0.05, 0.1) is 5.88 Å². The first kappa shape index (κ1) is 8.23. The first-order valence-corrected chi connectivity index (χ1v) is 5.73. The zero-order chi connectivity index (χ0) is 8.39. The van der Waals surface area contributed by atoms with Crippen molar-refractivity contribution >= 4 is 34.3 Å². The molecular formula is C8H6ClNS2. The lowest BCUT2D eigenvalue weighted by atomic mass is 10.4. The molecule has 12 heavy (non-hydrogen) atoms. The van der Waals surface area contributed by atoms with Crippen LogP contribution in [-0.4, -0.2) is 4.98 Å². The van der Waals surface area contributed by atoms with Gasteiger partial charge in [-0.1, -0.05) is 0 Å². The van der Waals surface area contributed by atoms with E-state index in [1.807, 2.05) is 6.20 Å². The Morgan fingerprint density at radius 1 is 1.50 bits per heavy atom. The van der Waals surface area contributed by atoms with Gasteiger partial charge < -0.3 is 0 Å². The molecule has 2 heterocycles. The van der Waals surface area contributed by atoms with Gasteiger partial charge in [-0.15, -0.1) is 22.9 Å². The minimum absolute atomic E-state index is 0.557. The number of halogens is 1. The van der Waals surface area contributed by atoms with Gasteiger partial charge in [0.15, 0.2) is 0 Å². The molecule has 0 aliphatic heterocycles. The molecule has 4 heteroatoms. The fraction of sp³-hybridized carbons (Fsp3) is 0.125. The second-order valence-corrected chi connectivity index (χ2v) is 4.44. The molecule has 0 bridgehead atoms. The van der Waals surface area contributed by atoms with E-state index in [1.165, 1.54) is 5.56 Å². The average molecular weight is 216 g/mol. The van der Waals surface area contributed by atoms with Crippen LogP contribution in [0, 0.1) is 0 Å². The highest BCUT2D eigenvalue weighted by molar-refractivity contribution is 7.15. The lowest BCUT2D eigenvalue weighted by Crippen LogP contribution is -1.65. The summed E-state index contributed by atoms with van der Waals surface area (Å²) < 4.78 is 0. The van der Waals surface area contributed by atoms with Crippen LogP contribution in [0.2, 0.25) is 0 Å². The van der Waals surface area contributed by atoms with Crippen molar-refractivity contribution in [2.45, 2.75) is 5.88 Å². The van der Waals surface area contributed by atoms with E-state index in [2.05, 4.69) is 21.8 Å². The highest BCUT2D eigenvalue weighted by Gasteiger charge is 2.03. The summed E-state index contributed by atoms with van der Waals surface area (Å²) >= 11 is 9.01. The maximum absolute atomic E-state index is 5.67. The van der Waals surface area contributed by atoms with Crippen molar-refractivity contribution < 1.29 is 0 Å². The molecule has 1 nitrogen and oxygen atoms in total. The van der Waals surface area contributed by atoms with Gasteiger partial charge in [0.2, 0.25) is 0 Å². The summed E-state index contributed by atoms with van der Waals surface area (Å²) in [6.07, 6.45) is 1.84. The molecular weight excluding hydrogens is 210 g/mol. The van der Waals surface area contributed by atoms with Gasteiger partial charge in [0.25, 0.3) is 0 Å². The smallest absolute Gasteiger partial charge is 0.124 e. The van der Waals surface area contributed by atoms with E-state index < -0.39 is 0 Å². The Bertz CT molecular complexity index is 353. The number of nitrogens with zero attached hydrogens (tertiary/aromatic N) is 1. The van der Waals surface area contributed by atoms with E-state index in [1.54, 1.807) is 22.7 Å². The number of thiazole rings is 1. The summed E-state index contributed by atoms with van der Waals surface area (Å²) in [7, 11) is 0. The molecule has 2 rings (SSSR count). The van der Waals surface area contributed by atoms with Crippen molar-refractivity contribution in [2.75, 3.05) is 0 Å². The third-order valence-electron chi connectivity index (χ3n) is 1.45. The van der Waals surface area contributed by atoms with Gasteiger partial charge in [-0.3, -0.25) is 0 Å². The van der Waals surface area contributed by atoms with Gasteiger partial charge in [0, 0.05) is 22.0 Å². The summed E-state index contributed by atoms with van der Waals surface area (Å²) in [5.74, 6) is 0.557. The van der Waals surface area contributed by atoms with Crippen LogP contribution >= 0.6 is 34.3 Å².